The van der Waals surface area contributed by atoms with Crippen molar-refractivity contribution in [2.45, 2.75) is 19.2 Å². The van der Waals surface area contributed by atoms with Crippen molar-refractivity contribution in [3.05, 3.63) is 27.2 Å². The summed E-state index contributed by atoms with van der Waals surface area (Å²) < 4.78 is 6.49. The average molecular weight is 308 g/mol. The number of alkyl halides is 1. The standard InChI is InChI=1S/C10H12Br2O/c1-6-4-9(12)7(2)8(5-11)10(6)13-3/h4H,5H2,1-3H3. The van der Waals surface area contributed by atoms with Gasteiger partial charge in [-0.3, -0.25) is 0 Å². The van der Waals surface area contributed by atoms with Gasteiger partial charge in [-0.05, 0) is 31.0 Å². The molecule has 1 rings (SSSR count). The fourth-order valence-corrected chi connectivity index (χ4v) is 2.62. The zero-order valence-corrected chi connectivity index (χ0v) is 11.1. The Morgan fingerprint density at radius 1 is 1.38 bits per heavy atom. The quantitative estimate of drug-likeness (QED) is 0.751. The smallest absolute Gasteiger partial charge is 0.126 e. The van der Waals surface area contributed by atoms with Crippen LogP contribution in [0.3, 0.4) is 0 Å². The van der Waals surface area contributed by atoms with Crippen LogP contribution in [0.25, 0.3) is 0 Å². The summed E-state index contributed by atoms with van der Waals surface area (Å²) >= 11 is 6.99. The lowest BCUT2D eigenvalue weighted by atomic mass is 10.1. The molecule has 1 aromatic carbocycles. The highest BCUT2D eigenvalue weighted by Crippen LogP contribution is 2.33. The predicted molar refractivity (Wildman–Crippen MR) is 62.8 cm³/mol. The molecule has 72 valence electrons. The molecule has 0 aliphatic rings. The van der Waals surface area contributed by atoms with Crippen molar-refractivity contribution in [1.82, 2.24) is 0 Å². The highest BCUT2D eigenvalue weighted by atomic mass is 79.9. The fourth-order valence-electron chi connectivity index (χ4n) is 1.36. The number of rotatable bonds is 2. The second-order valence-electron chi connectivity index (χ2n) is 2.95. The predicted octanol–water partition coefficient (Wildman–Crippen LogP) is 3.97. The van der Waals surface area contributed by atoms with Crippen molar-refractivity contribution in [3.63, 3.8) is 0 Å². The summed E-state index contributed by atoms with van der Waals surface area (Å²) in [6.45, 7) is 4.14. The molecule has 0 aliphatic carbocycles. The Balaban J connectivity index is 3.41. The topological polar surface area (TPSA) is 9.23 Å². The van der Waals surface area contributed by atoms with E-state index in [2.05, 4.69) is 51.8 Å². The number of ether oxygens (including phenoxy) is 1. The zero-order chi connectivity index (χ0) is 10.0. The molecule has 0 bridgehead atoms. The molecule has 0 amide bonds. The van der Waals surface area contributed by atoms with Gasteiger partial charge < -0.3 is 4.74 Å². The van der Waals surface area contributed by atoms with Gasteiger partial charge in [0.05, 0.1) is 7.11 Å². The minimum Gasteiger partial charge on any atom is -0.496 e. The number of methoxy groups -OCH3 is 1. The van der Waals surface area contributed by atoms with E-state index in [1.165, 1.54) is 11.1 Å². The molecule has 0 atom stereocenters. The Morgan fingerprint density at radius 3 is 2.46 bits per heavy atom. The molecule has 1 nitrogen and oxygen atoms in total. The molecule has 0 radical (unpaired) electrons. The van der Waals surface area contributed by atoms with E-state index in [0.717, 1.165) is 21.1 Å². The lowest BCUT2D eigenvalue weighted by Gasteiger charge is -2.13. The van der Waals surface area contributed by atoms with Crippen molar-refractivity contribution >= 4 is 31.9 Å². The van der Waals surface area contributed by atoms with Gasteiger partial charge >= 0.3 is 0 Å². The van der Waals surface area contributed by atoms with Crippen LogP contribution in [0.15, 0.2) is 10.5 Å². The normalized spacial score (nSPS) is 10.2. The summed E-state index contributed by atoms with van der Waals surface area (Å²) in [7, 11) is 1.71. The van der Waals surface area contributed by atoms with Crippen LogP contribution in [0, 0.1) is 13.8 Å². The van der Waals surface area contributed by atoms with Gasteiger partial charge in [0.15, 0.2) is 0 Å². The first-order valence-corrected chi connectivity index (χ1v) is 5.91. The maximum absolute atomic E-state index is 5.35. The highest BCUT2D eigenvalue weighted by molar-refractivity contribution is 9.10. The molecule has 3 heteroatoms. The molecule has 0 unspecified atom stereocenters. The van der Waals surface area contributed by atoms with Crippen molar-refractivity contribution < 1.29 is 4.74 Å². The van der Waals surface area contributed by atoms with E-state index in [-0.39, 0.29) is 0 Å². The van der Waals surface area contributed by atoms with Crippen LogP contribution in [0.1, 0.15) is 16.7 Å². The Morgan fingerprint density at radius 2 is 2.00 bits per heavy atom. The first-order chi connectivity index (χ1) is 6.11. The minimum absolute atomic E-state index is 0.822. The van der Waals surface area contributed by atoms with Crippen LogP contribution >= 0.6 is 31.9 Å². The highest BCUT2D eigenvalue weighted by Gasteiger charge is 2.11. The Hall–Kier alpha value is -0.0200. The van der Waals surface area contributed by atoms with Crippen LogP contribution in [-0.4, -0.2) is 7.11 Å². The van der Waals surface area contributed by atoms with Crippen LogP contribution in [0.5, 0.6) is 5.75 Å². The van der Waals surface area contributed by atoms with Gasteiger partial charge in [-0.15, -0.1) is 0 Å². The van der Waals surface area contributed by atoms with E-state index in [1.807, 2.05) is 0 Å². The van der Waals surface area contributed by atoms with E-state index in [9.17, 15) is 0 Å². The first kappa shape index (κ1) is 11.1. The lowest BCUT2D eigenvalue weighted by molar-refractivity contribution is 0.408. The largest absolute Gasteiger partial charge is 0.496 e. The second kappa shape index (κ2) is 4.47. The number of hydrogen-bond donors (Lipinski definition) is 0. The lowest BCUT2D eigenvalue weighted by Crippen LogP contribution is -1.96. The Kier molecular flexibility index (Phi) is 3.80. The molecule has 0 fully saturated rings. The molecule has 13 heavy (non-hydrogen) atoms. The number of aryl methyl sites for hydroxylation is 1. The summed E-state index contributed by atoms with van der Waals surface area (Å²) in [5, 5.41) is 0.822. The molecular formula is C10H12Br2O. The summed E-state index contributed by atoms with van der Waals surface area (Å²) in [6, 6.07) is 2.08. The Bertz CT molecular complexity index is 321. The van der Waals surface area contributed by atoms with Crippen LogP contribution in [-0.2, 0) is 5.33 Å². The fraction of sp³-hybridized carbons (Fsp3) is 0.400. The van der Waals surface area contributed by atoms with E-state index in [1.54, 1.807) is 7.11 Å². The zero-order valence-electron chi connectivity index (χ0n) is 7.95. The van der Waals surface area contributed by atoms with E-state index < -0.39 is 0 Å². The van der Waals surface area contributed by atoms with Gasteiger partial charge in [-0.25, -0.2) is 0 Å². The van der Waals surface area contributed by atoms with Crippen molar-refractivity contribution in [1.29, 1.82) is 0 Å². The SMILES string of the molecule is COc1c(C)cc(Br)c(C)c1CBr. The third-order valence-electron chi connectivity index (χ3n) is 2.12. The number of hydrogen-bond acceptors (Lipinski definition) is 1. The second-order valence-corrected chi connectivity index (χ2v) is 4.36. The molecular weight excluding hydrogens is 296 g/mol. The van der Waals surface area contributed by atoms with Gasteiger partial charge in [0, 0.05) is 15.4 Å². The maximum atomic E-state index is 5.35. The summed E-state index contributed by atoms with van der Waals surface area (Å²) in [5.74, 6) is 0.984. The molecule has 0 saturated carbocycles. The minimum atomic E-state index is 0.822. The van der Waals surface area contributed by atoms with E-state index in [0.29, 0.717) is 0 Å². The van der Waals surface area contributed by atoms with Crippen molar-refractivity contribution in [2.75, 3.05) is 7.11 Å². The van der Waals surface area contributed by atoms with Crippen molar-refractivity contribution in [2.24, 2.45) is 0 Å². The number of benzene rings is 1. The summed E-state index contributed by atoms with van der Waals surface area (Å²) in [5.41, 5.74) is 3.61. The maximum Gasteiger partial charge on any atom is 0.126 e. The molecule has 0 aromatic heterocycles. The molecule has 0 spiro atoms. The average Bonchev–Trinajstić information content (AvgIpc) is 2.10. The van der Waals surface area contributed by atoms with E-state index in [4.69, 9.17) is 4.74 Å². The van der Waals surface area contributed by atoms with Crippen LogP contribution < -0.4 is 4.74 Å². The van der Waals surface area contributed by atoms with Gasteiger partial charge in [0.2, 0.25) is 0 Å². The van der Waals surface area contributed by atoms with Gasteiger partial charge in [-0.2, -0.15) is 0 Å². The monoisotopic (exact) mass is 306 g/mol. The number of halogens is 2. The molecule has 0 N–H and O–H groups in total. The molecule has 0 aliphatic heterocycles. The van der Waals surface area contributed by atoms with Gasteiger partial charge in [0.25, 0.3) is 0 Å². The van der Waals surface area contributed by atoms with Gasteiger partial charge in [-0.1, -0.05) is 31.9 Å². The summed E-state index contributed by atoms with van der Waals surface area (Å²) in [4.78, 5) is 0. The third-order valence-corrected chi connectivity index (χ3v) is 3.51. The van der Waals surface area contributed by atoms with Crippen LogP contribution in [0.2, 0.25) is 0 Å². The van der Waals surface area contributed by atoms with Crippen LogP contribution in [0.4, 0.5) is 0 Å². The van der Waals surface area contributed by atoms with Gasteiger partial charge in [0.1, 0.15) is 5.75 Å². The Labute approximate surface area is 95.7 Å². The molecule has 0 saturated heterocycles. The summed E-state index contributed by atoms with van der Waals surface area (Å²) in [6.07, 6.45) is 0. The van der Waals surface area contributed by atoms with E-state index >= 15 is 0 Å². The van der Waals surface area contributed by atoms with Crippen molar-refractivity contribution in [3.8, 4) is 5.75 Å². The first-order valence-electron chi connectivity index (χ1n) is 4.00. The molecule has 0 heterocycles. The third kappa shape index (κ3) is 2.08. The molecule has 1 aromatic rings.